The van der Waals surface area contributed by atoms with E-state index in [0.717, 1.165) is 12.3 Å². The maximum atomic E-state index is 11.0. The quantitative estimate of drug-likeness (QED) is 0.802. The number of pyridine rings is 1. The van der Waals surface area contributed by atoms with Crippen molar-refractivity contribution in [2.75, 3.05) is 5.75 Å². The molecule has 1 aliphatic rings. The third-order valence-corrected chi connectivity index (χ3v) is 4.30. The van der Waals surface area contributed by atoms with Crippen LogP contribution in [-0.2, 0) is 6.54 Å². The number of nitrogens with zero attached hydrogens (tertiary/aromatic N) is 1. The van der Waals surface area contributed by atoms with Crippen LogP contribution in [0.2, 0.25) is 0 Å². The van der Waals surface area contributed by atoms with E-state index in [1.807, 2.05) is 12.4 Å². The van der Waals surface area contributed by atoms with E-state index in [1.165, 1.54) is 32.1 Å². The standard InChI is InChI=1S/C13H19NOS/c15-12-4-8-14(9-5-12)10-13(11-16)6-2-1-3-7-13/h4-5,8-9,16H,1-3,6-7,10-11H2. The number of hydrogen-bond acceptors (Lipinski definition) is 2. The Labute approximate surface area is 102 Å². The molecule has 1 fully saturated rings. The molecule has 0 amide bonds. The third kappa shape index (κ3) is 2.70. The maximum Gasteiger partial charge on any atom is 0.181 e. The highest BCUT2D eigenvalue weighted by atomic mass is 32.1. The first-order chi connectivity index (χ1) is 7.74. The lowest BCUT2D eigenvalue weighted by Crippen LogP contribution is -2.31. The summed E-state index contributed by atoms with van der Waals surface area (Å²) in [6, 6.07) is 3.27. The Bertz CT molecular complexity index is 373. The van der Waals surface area contributed by atoms with Gasteiger partial charge in [0, 0.05) is 31.1 Å². The Balaban J connectivity index is 2.11. The van der Waals surface area contributed by atoms with E-state index in [4.69, 9.17) is 0 Å². The largest absolute Gasteiger partial charge is 0.353 e. The Morgan fingerprint density at radius 2 is 1.81 bits per heavy atom. The molecular formula is C13H19NOS. The molecule has 0 aromatic carbocycles. The maximum absolute atomic E-state index is 11.0. The zero-order chi connectivity index (χ0) is 11.4. The number of thiol groups is 1. The summed E-state index contributed by atoms with van der Waals surface area (Å²) in [6.45, 7) is 0.997. The van der Waals surface area contributed by atoms with Crippen LogP contribution < -0.4 is 5.43 Å². The molecule has 0 aliphatic heterocycles. The van der Waals surface area contributed by atoms with Crippen LogP contribution in [0.1, 0.15) is 32.1 Å². The number of rotatable bonds is 3. The van der Waals surface area contributed by atoms with Gasteiger partial charge in [0.05, 0.1) is 0 Å². The summed E-state index contributed by atoms with van der Waals surface area (Å²) in [7, 11) is 0. The third-order valence-electron chi connectivity index (χ3n) is 3.63. The van der Waals surface area contributed by atoms with Crippen molar-refractivity contribution in [2.24, 2.45) is 5.41 Å². The molecule has 1 aliphatic carbocycles. The van der Waals surface area contributed by atoms with Gasteiger partial charge in [0.1, 0.15) is 0 Å². The normalized spacial score (nSPS) is 19.6. The minimum atomic E-state index is 0.0832. The van der Waals surface area contributed by atoms with Crippen molar-refractivity contribution < 1.29 is 0 Å². The molecule has 1 aromatic heterocycles. The van der Waals surface area contributed by atoms with Crippen molar-refractivity contribution in [3.8, 4) is 0 Å². The molecule has 2 rings (SSSR count). The Kier molecular flexibility index (Phi) is 3.74. The Morgan fingerprint density at radius 3 is 2.38 bits per heavy atom. The zero-order valence-electron chi connectivity index (χ0n) is 9.56. The van der Waals surface area contributed by atoms with Gasteiger partial charge in [-0.15, -0.1) is 0 Å². The highest BCUT2D eigenvalue weighted by molar-refractivity contribution is 7.80. The van der Waals surface area contributed by atoms with Gasteiger partial charge in [-0.3, -0.25) is 4.79 Å². The van der Waals surface area contributed by atoms with Crippen LogP contribution in [0.5, 0.6) is 0 Å². The van der Waals surface area contributed by atoms with Crippen LogP contribution in [0.25, 0.3) is 0 Å². The lowest BCUT2D eigenvalue weighted by molar-refractivity contribution is 0.189. The minimum absolute atomic E-state index is 0.0832. The summed E-state index contributed by atoms with van der Waals surface area (Å²) >= 11 is 4.52. The smallest absolute Gasteiger partial charge is 0.181 e. The van der Waals surface area contributed by atoms with Gasteiger partial charge in [-0.1, -0.05) is 19.3 Å². The van der Waals surface area contributed by atoms with Crippen molar-refractivity contribution >= 4 is 12.6 Å². The van der Waals surface area contributed by atoms with Gasteiger partial charge >= 0.3 is 0 Å². The lowest BCUT2D eigenvalue weighted by Gasteiger charge is -2.36. The second kappa shape index (κ2) is 5.09. The van der Waals surface area contributed by atoms with Crippen molar-refractivity contribution in [3.05, 3.63) is 34.7 Å². The van der Waals surface area contributed by atoms with E-state index >= 15 is 0 Å². The predicted molar refractivity (Wildman–Crippen MR) is 70.1 cm³/mol. The average Bonchev–Trinajstić information content (AvgIpc) is 2.33. The summed E-state index contributed by atoms with van der Waals surface area (Å²) in [4.78, 5) is 11.0. The van der Waals surface area contributed by atoms with Gasteiger partial charge < -0.3 is 4.57 Å². The summed E-state index contributed by atoms with van der Waals surface area (Å²) in [5, 5.41) is 0. The summed E-state index contributed by atoms with van der Waals surface area (Å²) < 4.78 is 2.13. The van der Waals surface area contributed by atoms with Crippen molar-refractivity contribution in [2.45, 2.75) is 38.6 Å². The molecule has 1 saturated carbocycles. The predicted octanol–water partition coefficient (Wildman–Crippen LogP) is 2.73. The molecule has 1 aromatic rings. The van der Waals surface area contributed by atoms with Gasteiger partial charge in [-0.05, 0) is 24.0 Å². The first-order valence-electron chi connectivity index (χ1n) is 6.01. The summed E-state index contributed by atoms with van der Waals surface area (Å²) in [5.74, 6) is 0.944. The van der Waals surface area contributed by atoms with Crippen LogP contribution in [0.15, 0.2) is 29.3 Å². The van der Waals surface area contributed by atoms with Crippen molar-refractivity contribution in [3.63, 3.8) is 0 Å². The average molecular weight is 237 g/mol. The summed E-state index contributed by atoms with van der Waals surface area (Å²) in [5.41, 5.74) is 0.427. The number of aromatic nitrogens is 1. The molecule has 16 heavy (non-hydrogen) atoms. The van der Waals surface area contributed by atoms with Gasteiger partial charge in [0.15, 0.2) is 5.43 Å². The van der Waals surface area contributed by atoms with E-state index in [0.29, 0.717) is 5.41 Å². The Morgan fingerprint density at radius 1 is 1.19 bits per heavy atom. The molecule has 0 atom stereocenters. The molecule has 0 N–H and O–H groups in total. The van der Waals surface area contributed by atoms with Crippen LogP contribution in [0, 0.1) is 5.41 Å². The molecular weight excluding hydrogens is 218 g/mol. The molecule has 1 heterocycles. The highest BCUT2D eigenvalue weighted by Crippen LogP contribution is 2.38. The summed E-state index contributed by atoms with van der Waals surface area (Å²) in [6.07, 6.45) is 10.3. The van der Waals surface area contributed by atoms with Crippen LogP contribution in [0.3, 0.4) is 0 Å². The van der Waals surface area contributed by atoms with Crippen molar-refractivity contribution in [1.29, 1.82) is 0 Å². The van der Waals surface area contributed by atoms with E-state index in [2.05, 4.69) is 17.2 Å². The topological polar surface area (TPSA) is 22.0 Å². The fourth-order valence-corrected chi connectivity index (χ4v) is 3.02. The van der Waals surface area contributed by atoms with E-state index in [-0.39, 0.29) is 5.43 Å². The molecule has 0 radical (unpaired) electrons. The van der Waals surface area contributed by atoms with Crippen LogP contribution in [0.4, 0.5) is 0 Å². The number of hydrogen-bond donors (Lipinski definition) is 1. The second-order valence-corrected chi connectivity index (χ2v) is 5.24. The fourth-order valence-electron chi connectivity index (χ4n) is 2.60. The van der Waals surface area contributed by atoms with E-state index in [1.54, 1.807) is 12.1 Å². The fraction of sp³-hybridized carbons (Fsp3) is 0.615. The van der Waals surface area contributed by atoms with Gasteiger partial charge in [-0.2, -0.15) is 12.6 Å². The monoisotopic (exact) mass is 237 g/mol. The molecule has 3 heteroatoms. The van der Waals surface area contributed by atoms with Gasteiger partial charge in [-0.25, -0.2) is 0 Å². The SMILES string of the molecule is O=c1ccn(CC2(CS)CCCCC2)cc1. The van der Waals surface area contributed by atoms with E-state index < -0.39 is 0 Å². The first kappa shape index (κ1) is 11.8. The minimum Gasteiger partial charge on any atom is -0.353 e. The molecule has 88 valence electrons. The molecule has 0 spiro atoms. The van der Waals surface area contributed by atoms with Crippen molar-refractivity contribution in [1.82, 2.24) is 4.57 Å². The first-order valence-corrected chi connectivity index (χ1v) is 6.64. The van der Waals surface area contributed by atoms with Crippen LogP contribution >= 0.6 is 12.6 Å². The van der Waals surface area contributed by atoms with Gasteiger partial charge in [0.2, 0.25) is 0 Å². The molecule has 0 bridgehead atoms. The highest BCUT2D eigenvalue weighted by Gasteiger charge is 2.30. The lowest BCUT2D eigenvalue weighted by atomic mass is 9.75. The molecule has 0 unspecified atom stereocenters. The van der Waals surface area contributed by atoms with Gasteiger partial charge in [0.25, 0.3) is 0 Å². The molecule has 2 nitrogen and oxygen atoms in total. The van der Waals surface area contributed by atoms with E-state index in [9.17, 15) is 4.79 Å². The van der Waals surface area contributed by atoms with Crippen LogP contribution in [-0.4, -0.2) is 10.3 Å². The molecule has 0 saturated heterocycles. The Hall–Kier alpha value is -0.700. The second-order valence-electron chi connectivity index (χ2n) is 4.92. The zero-order valence-corrected chi connectivity index (χ0v) is 10.5.